The van der Waals surface area contributed by atoms with E-state index in [1.165, 1.54) is 0 Å². The van der Waals surface area contributed by atoms with E-state index in [1.807, 2.05) is 0 Å². The van der Waals surface area contributed by atoms with E-state index in [2.05, 4.69) is 15.4 Å². The molecule has 0 radical (unpaired) electrons. The largest absolute Gasteiger partial charge is 0.451 e. The van der Waals surface area contributed by atoms with Gasteiger partial charge in [-0.1, -0.05) is 19.3 Å². The van der Waals surface area contributed by atoms with Crippen molar-refractivity contribution < 1.29 is 18.0 Å². The van der Waals surface area contributed by atoms with Gasteiger partial charge in [0.15, 0.2) is 0 Å². The number of H-pyrrole nitrogens is 1. The number of aromatic amines is 1. The maximum atomic E-state index is 12.3. The van der Waals surface area contributed by atoms with Crippen molar-refractivity contribution >= 4 is 11.9 Å². The van der Waals surface area contributed by atoms with Gasteiger partial charge in [0.05, 0.1) is 5.54 Å². The highest BCUT2D eigenvalue weighted by molar-refractivity contribution is 5.96. The van der Waals surface area contributed by atoms with Gasteiger partial charge in [0.1, 0.15) is 0 Å². The lowest BCUT2D eigenvalue weighted by atomic mass is 9.82. The first kappa shape index (κ1) is 13.8. The summed E-state index contributed by atoms with van der Waals surface area (Å²) in [6.45, 7) is 0. The molecule has 0 spiro atoms. The van der Waals surface area contributed by atoms with Crippen molar-refractivity contribution in [3.8, 4) is 0 Å². The molecule has 1 aliphatic carbocycles. The van der Waals surface area contributed by atoms with E-state index >= 15 is 0 Å². The topological polar surface area (TPSA) is 96.7 Å². The summed E-state index contributed by atoms with van der Waals surface area (Å²) in [5.41, 5.74) is 4.90. The second-order valence-electron chi connectivity index (χ2n) is 4.68. The van der Waals surface area contributed by atoms with Gasteiger partial charge in [0, 0.05) is 0 Å². The third kappa shape index (κ3) is 3.03. The lowest BCUT2D eigenvalue weighted by Gasteiger charge is -2.31. The van der Waals surface area contributed by atoms with Gasteiger partial charge >= 0.3 is 6.18 Å². The Kier molecular flexibility index (Phi) is 3.48. The summed E-state index contributed by atoms with van der Waals surface area (Å²) in [5.74, 6) is -2.20. The SMILES string of the molecule is NC1(C(=O)Nc2n[nH]c(C(F)(F)F)n2)CCCCC1. The van der Waals surface area contributed by atoms with Gasteiger partial charge in [0.2, 0.25) is 17.7 Å². The molecule has 0 aliphatic heterocycles. The number of nitrogens with zero attached hydrogens (tertiary/aromatic N) is 2. The number of hydrogen-bond acceptors (Lipinski definition) is 4. The third-order valence-corrected chi connectivity index (χ3v) is 3.18. The van der Waals surface area contributed by atoms with Gasteiger partial charge in [-0.15, -0.1) is 5.10 Å². The molecule has 0 bridgehead atoms. The molecule has 1 saturated carbocycles. The van der Waals surface area contributed by atoms with Gasteiger partial charge in [-0.2, -0.15) is 18.2 Å². The van der Waals surface area contributed by atoms with E-state index in [1.54, 1.807) is 5.10 Å². The minimum absolute atomic E-state index is 0.410. The Labute approximate surface area is 107 Å². The van der Waals surface area contributed by atoms with Crippen LogP contribution in [0.4, 0.5) is 19.1 Å². The van der Waals surface area contributed by atoms with E-state index in [0.29, 0.717) is 12.8 Å². The molecule has 1 fully saturated rings. The number of halogens is 3. The standard InChI is InChI=1S/C10H14F3N5O/c11-10(12,13)6-15-8(18-17-6)16-7(19)9(14)4-2-1-3-5-9/h1-5,14H2,(H2,15,16,17,18,19). The van der Waals surface area contributed by atoms with Crippen molar-refractivity contribution in [2.75, 3.05) is 5.32 Å². The molecule has 106 valence electrons. The van der Waals surface area contributed by atoms with Crippen LogP contribution in [0.3, 0.4) is 0 Å². The molecule has 9 heteroatoms. The smallest absolute Gasteiger partial charge is 0.317 e. The van der Waals surface area contributed by atoms with E-state index in [0.717, 1.165) is 19.3 Å². The summed E-state index contributed by atoms with van der Waals surface area (Å²) in [6.07, 6.45) is -0.950. The zero-order valence-electron chi connectivity index (χ0n) is 10.0. The lowest BCUT2D eigenvalue weighted by Crippen LogP contribution is -2.52. The predicted octanol–water partition coefficient (Wildman–Crippen LogP) is 1.42. The predicted molar refractivity (Wildman–Crippen MR) is 60.0 cm³/mol. The summed E-state index contributed by atoms with van der Waals surface area (Å²) in [6, 6.07) is 0. The van der Waals surface area contributed by atoms with Crippen LogP contribution in [0.5, 0.6) is 0 Å². The maximum Gasteiger partial charge on any atom is 0.451 e. The van der Waals surface area contributed by atoms with Gasteiger partial charge in [0.25, 0.3) is 0 Å². The van der Waals surface area contributed by atoms with Crippen LogP contribution in [0.15, 0.2) is 0 Å². The summed E-state index contributed by atoms with van der Waals surface area (Å²) < 4.78 is 36.9. The van der Waals surface area contributed by atoms with Crippen molar-refractivity contribution in [2.24, 2.45) is 5.73 Å². The first-order valence-electron chi connectivity index (χ1n) is 5.91. The monoisotopic (exact) mass is 277 g/mol. The van der Waals surface area contributed by atoms with Gasteiger partial charge in [-0.25, -0.2) is 0 Å². The number of nitrogens with two attached hydrogens (primary N) is 1. The molecule has 0 atom stereocenters. The van der Waals surface area contributed by atoms with Crippen LogP contribution < -0.4 is 11.1 Å². The highest BCUT2D eigenvalue weighted by Crippen LogP contribution is 2.28. The number of rotatable bonds is 2. The Morgan fingerprint density at radius 3 is 2.47 bits per heavy atom. The molecule has 1 aliphatic rings. The maximum absolute atomic E-state index is 12.3. The lowest BCUT2D eigenvalue weighted by molar-refractivity contribution is -0.144. The quantitative estimate of drug-likeness (QED) is 0.761. The van der Waals surface area contributed by atoms with Crippen LogP contribution in [0.1, 0.15) is 37.9 Å². The van der Waals surface area contributed by atoms with Gasteiger partial charge < -0.3 is 5.73 Å². The van der Waals surface area contributed by atoms with Crippen molar-refractivity contribution in [1.29, 1.82) is 0 Å². The third-order valence-electron chi connectivity index (χ3n) is 3.18. The number of carbonyl (C=O) groups is 1. The van der Waals surface area contributed by atoms with Crippen LogP contribution in [-0.4, -0.2) is 26.6 Å². The van der Waals surface area contributed by atoms with Crippen LogP contribution in [0.25, 0.3) is 0 Å². The molecule has 1 heterocycles. The van der Waals surface area contributed by atoms with E-state index in [4.69, 9.17) is 5.73 Å². The van der Waals surface area contributed by atoms with Gasteiger partial charge in [-0.3, -0.25) is 15.2 Å². The second-order valence-corrected chi connectivity index (χ2v) is 4.68. The molecule has 19 heavy (non-hydrogen) atoms. The van der Waals surface area contributed by atoms with Crippen LogP contribution in [0.2, 0.25) is 0 Å². The van der Waals surface area contributed by atoms with Crippen LogP contribution in [0, 0.1) is 0 Å². The summed E-state index contributed by atoms with van der Waals surface area (Å²) in [4.78, 5) is 15.1. The van der Waals surface area contributed by atoms with Crippen molar-refractivity contribution in [3.05, 3.63) is 5.82 Å². The van der Waals surface area contributed by atoms with Crippen molar-refractivity contribution in [2.45, 2.75) is 43.8 Å². The van der Waals surface area contributed by atoms with Crippen LogP contribution in [-0.2, 0) is 11.0 Å². The highest BCUT2D eigenvalue weighted by atomic mass is 19.4. The average molecular weight is 277 g/mol. The van der Waals surface area contributed by atoms with Crippen molar-refractivity contribution in [3.63, 3.8) is 0 Å². The van der Waals surface area contributed by atoms with Crippen molar-refractivity contribution in [1.82, 2.24) is 15.2 Å². The van der Waals surface area contributed by atoms with E-state index in [-0.39, 0.29) is 0 Å². The number of aromatic nitrogens is 3. The minimum Gasteiger partial charge on any atom is -0.317 e. The molecule has 1 amide bonds. The summed E-state index contributed by atoms with van der Waals surface area (Å²) >= 11 is 0. The molecule has 6 nitrogen and oxygen atoms in total. The number of carbonyl (C=O) groups excluding carboxylic acids is 1. The van der Waals surface area contributed by atoms with E-state index < -0.39 is 29.4 Å². The fourth-order valence-electron chi connectivity index (χ4n) is 2.08. The first-order chi connectivity index (χ1) is 8.81. The fraction of sp³-hybridized carbons (Fsp3) is 0.700. The Balaban J connectivity index is 2.04. The number of hydrogen-bond donors (Lipinski definition) is 3. The Morgan fingerprint density at radius 1 is 1.32 bits per heavy atom. The second kappa shape index (κ2) is 4.80. The fourth-order valence-corrected chi connectivity index (χ4v) is 2.08. The molecule has 0 saturated heterocycles. The zero-order chi connectivity index (χ0) is 14.1. The molecule has 0 unspecified atom stereocenters. The zero-order valence-corrected chi connectivity index (χ0v) is 10.0. The van der Waals surface area contributed by atoms with Crippen LogP contribution >= 0.6 is 0 Å². The minimum atomic E-state index is -4.62. The number of alkyl halides is 3. The number of anilines is 1. The summed E-state index contributed by atoms with van der Waals surface area (Å²) in [7, 11) is 0. The Hall–Kier alpha value is -1.64. The summed E-state index contributed by atoms with van der Waals surface area (Å²) in [5, 5.41) is 7.26. The van der Waals surface area contributed by atoms with E-state index in [9.17, 15) is 18.0 Å². The molecule has 1 aromatic rings. The normalized spacial score (nSPS) is 19.2. The molecular weight excluding hydrogens is 263 g/mol. The molecule has 0 aromatic carbocycles. The average Bonchev–Trinajstić information content (AvgIpc) is 2.78. The first-order valence-corrected chi connectivity index (χ1v) is 5.91. The Bertz CT molecular complexity index is 464. The molecule has 1 aromatic heterocycles. The number of nitrogens with one attached hydrogen (secondary N) is 2. The molecular formula is C10H14F3N5O. The molecule has 4 N–H and O–H groups in total. The van der Waals surface area contributed by atoms with Gasteiger partial charge in [-0.05, 0) is 12.8 Å². The number of amides is 1. The molecule has 2 rings (SSSR count). The Morgan fingerprint density at radius 2 is 1.95 bits per heavy atom. The highest BCUT2D eigenvalue weighted by Gasteiger charge is 2.38.